The molecule has 0 spiro atoms. The Kier molecular flexibility index (Phi) is 4.90. The predicted molar refractivity (Wildman–Crippen MR) is 77.5 cm³/mol. The topological polar surface area (TPSA) is 140 Å². The van der Waals surface area contributed by atoms with Gasteiger partial charge in [-0.1, -0.05) is 0 Å². The van der Waals surface area contributed by atoms with E-state index in [0.717, 1.165) is 16.7 Å². The Bertz CT molecular complexity index is 802. The molecular formula is C12H15N2O8P. The molecule has 11 heteroatoms. The summed E-state index contributed by atoms with van der Waals surface area (Å²) in [6.45, 7) is 0. The van der Waals surface area contributed by atoms with Crippen molar-refractivity contribution in [1.29, 1.82) is 0 Å². The molecule has 1 aromatic heterocycles. The maximum Gasteiger partial charge on any atom is 0.348 e. The van der Waals surface area contributed by atoms with Crippen LogP contribution in [0.3, 0.4) is 0 Å². The van der Waals surface area contributed by atoms with Crippen molar-refractivity contribution >= 4 is 7.60 Å². The van der Waals surface area contributed by atoms with Gasteiger partial charge in [-0.3, -0.25) is 18.9 Å². The van der Waals surface area contributed by atoms with Crippen LogP contribution in [0.25, 0.3) is 0 Å². The molecule has 0 aliphatic carbocycles. The Balaban J connectivity index is 2.45. The molecule has 1 aromatic rings. The first-order chi connectivity index (χ1) is 10.8. The van der Waals surface area contributed by atoms with Gasteiger partial charge in [-0.25, -0.2) is 4.79 Å². The molecule has 2 heterocycles. The second-order valence-corrected chi connectivity index (χ2v) is 5.97. The molecule has 0 fully saturated rings. The molecule has 0 bridgehead atoms. The first kappa shape index (κ1) is 17.2. The molecule has 2 atom stereocenters. The van der Waals surface area contributed by atoms with Crippen LogP contribution in [0.5, 0.6) is 0 Å². The molecule has 126 valence electrons. The van der Waals surface area contributed by atoms with Gasteiger partial charge in [0.25, 0.3) is 5.56 Å². The van der Waals surface area contributed by atoms with Crippen molar-refractivity contribution in [3.05, 3.63) is 56.5 Å². The molecule has 10 nitrogen and oxygen atoms in total. The van der Waals surface area contributed by atoms with Crippen LogP contribution in [0.4, 0.5) is 0 Å². The van der Waals surface area contributed by atoms with Crippen molar-refractivity contribution < 1.29 is 28.6 Å². The summed E-state index contributed by atoms with van der Waals surface area (Å²) in [4.78, 5) is 42.9. The fraction of sp³-hybridized carbons (Fsp3) is 0.333. The van der Waals surface area contributed by atoms with Crippen LogP contribution < -0.4 is 11.2 Å². The summed E-state index contributed by atoms with van der Waals surface area (Å²) >= 11 is 0. The zero-order chi connectivity index (χ0) is 17.2. The minimum absolute atomic E-state index is 0.141. The van der Waals surface area contributed by atoms with E-state index in [1.165, 1.54) is 20.4 Å². The average Bonchev–Trinajstić information content (AvgIpc) is 2.81. The van der Waals surface area contributed by atoms with E-state index in [-0.39, 0.29) is 11.5 Å². The van der Waals surface area contributed by atoms with E-state index >= 15 is 0 Å². The highest BCUT2D eigenvalue weighted by atomic mass is 31.2. The van der Waals surface area contributed by atoms with Gasteiger partial charge in [-0.05, 0) is 6.08 Å². The number of ether oxygens (including phenoxy) is 3. The van der Waals surface area contributed by atoms with Crippen molar-refractivity contribution in [2.45, 2.75) is 12.3 Å². The van der Waals surface area contributed by atoms with Crippen molar-refractivity contribution in [2.24, 2.45) is 0 Å². The number of hydrogen-bond donors (Lipinski definition) is 3. The normalized spacial score (nSPS) is 21.9. The van der Waals surface area contributed by atoms with E-state index in [4.69, 9.17) is 24.0 Å². The van der Waals surface area contributed by atoms with Crippen molar-refractivity contribution in [1.82, 2.24) is 9.55 Å². The highest BCUT2D eigenvalue weighted by Gasteiger charge is 2.38. The van der Waals surface area contributed by atoms with Gasteiger partial charge in [-0.15, -0.1) is 0 Å². The third-order valence-electron chi connectivity index (χ3n) is 3.00. The van der Waals surface area contributed by atoms with Gasteiger partial charge in [0.15, 0.2) is 11.5 Å². The van der Waals surface area contributed by atoms with Gasteiger partial charge in [0.2, 0.25) is 6.23 Å². The van der Waals surface area contributed by atoms with Gasteiger partial charge < -0.3 is 24.0 Å². The molecule has 0 amide bonds. The number of H-pyrrole nitrogens is 1. The lowest BCUT2D eigenvalue weighted by atomic mass is 10.3. The Morgan fingerprint density at radius 2 is 1.96 bits per heavy atom. The number of aromatic amines is 1. The zero-order valence-electron chi connectivity index (χ0n) is 12.2. The van der Waals surface area contributed by atoms with Crippen molar-refractivity contribution in [2.75, 3.05) is 14.2 Å². The highest BCUT2D eigenvalue weighted by molar-refractivity contribution is 7.55. The summed E-state index contributed by atoms with van der Waals surface area (Å²) < 4.78 is 27.9. The summed E-state index contributed by atoms with van der Waals surface area (Å²) in [5.74, 6) is 0.962. The van der Waals surface area contributed by atoms with E-state index < -0.39 is 31.2 Å². The summed E-state index contributed by atoms with van der Waals surface area (Å²) in [6, 6.07) is 1.13. The van der Waals surface area contributed by atoms with Gasteiger partial charge in [0.05, 0.1) is 14.2 Å². The summed E-state index contributed by atoms with van der Waals surface area (Å²) in [6.07, 6.45) is 0.305. The minimum atomic E-state index is -4.39. The minimum Gasteiger partial charge on any atom is -0.494 e. The van der Waals surface area contributed by atoms with Crippen molar-refractivity contribution in [3.8, 4) is 0 Å². The molecule has 0 aromatic carbocycles. The Morgan fingerprint density at radius 1 is 1.30 bits per heavy atom. The molecule has 1 unspecified atom stereocenters. The number of nitrogens with zero attached hydrogens (tertiary/aromatic N) is 1. The summed E-state index contributed by atoms with van der Waals surface area (Å²) in [5, 5.41) is 0. The monoisotopic (exact) mass is 346 g/mol. The van der Waals surface area contributed by atoms with Gasteiger partial charge in [-0.2, -0.15) is 0 Å². The molecule has 1 aliphatic rings. The van der Waals surface area contributed by atoms with E-state index in [2.05, 4.69) is 4.98 Å². The summed E-state index contributed by atoms with van der Waals surface area (Å²) in [7, 11) is -1.73. The number of nitrogens with one attached hydrogen (secondary N) is 1. The smallest absolute Gasteiger partial charge is 0.348 e. The number of methoxy groups -OCH3 is 2. The quantitative estimate of drug-likeness (QED) is 0.614. The first-order valence-corrected chi connectivity index (χ1v) is 7.98. The maximum atomic E-state index is 11.9. The Labute approximate surface area is 129 Å². The third-order valence-corrected chi connectivity index (χ3v) is 3.56. The lowest BCUT2D eigenvalue weighted by Gasteiger charge is -2.16. The number of hydrogen-bond acceptors (Lipinski definition) is 6. The van der Waals surface area contributed by atoms with Crippen LogP contribution in [0.1, 0.15) is 6.23 Å². The van der Waals surface area contributed by atoms with Crippen LogP contribution in [-0.4, -0.2) is 39.7 Å². The van der Waals surface area contributed by atoms with Crippen LogP contribution in [0.2, 0.25) is 0 Å². The molecular weight excluding hydrogens is 331 g/mol. The molecule has 0 saturated heterocycles. The van der Waals surface area contributed by atoms with Crippen LogP contribution in [0.15, 0.2) is 45.3 Å². The fourth-order valence-corrected chi connectivity index (χ4v) is 2.45. The molecule has 23 heavy (non-hydrogen) atoms. The van der Waals surface area contributed by atoms with E-state index in [0.29, 0.717) is 5.82 Å². The number of rotatable bonds is 5. The lowest BCUT2D eigenvalue weighted by Crippen LogP contribution is -2.32. The first-order valence-electron chi connectivity index (χ1n) is 6.30. The van der Waals surface area contributed by atoms with Crippen LogP contribution in [0, 0.1) is 0 Å². The largest absolute Gasteiger partial charge is 0.494 e. The predicted octanol–water partition coefficient (Wildman–Crippen LogP) is -0.370. The molecule has 0 saturated carbocycles. The second-order valence-electron chi connectivity index (χ2n) is 4.49. The summed E-state index contributed by atoms with van der Waals surface area (Å²) in [5.41, 5.74) is -1.30. The van der Waals surface area contributed by atoms with Gasteiger partial charge in [0, 0.05) is 18.1 Å². The standard InChI is InChI=1S/C12H15N2O8P/c1-20-9-7(4-6-23(17,18)19)22-11(10(9)21-2)14-5-3-8(15)13-12(14)16/h3-7,11H,1-2H3,(H,13,15,16)(H2,17,18,19)/b6-4+/t7-,11?/m1/s1. The Hall–Kier alpha value is -2.13. The zero-order valence-corrected chi connectivity index (χ0v) is 13.1. The van der Waals surface area contributed by atoms with E-state index in [1.54, 1.807) is 0 Å². The average molecular weight is 346 g/mol. The molecule has 2 rings (SSSR count). The molecule has 0 radical (unpaired) electrons. The van der Waals surface area contributed by atoms with E-state index in [9.17, 15) is 14.2 Å². The van der Waals surface area contributed by atoms with Crippen molar-refractivity contribution in [3.63, 3.8) is 0 Å². The molecule has 3 N–H and O–H groups in total. The van der Waals surface area contributed by atoms with Gasteiger partial charge >= 0.3 is 13.3 Å². The SMILES string of the molecule is COC1=C(OC)[C@@H](/C=C/P(=O)(O)O)OC1n1ccc(=O)[nH]c1=O. The van der Waals surface area contributed by atoms with Gasteiger partial charge in [0.1, 0.15) is 6.10 Å². The maximum absolute atomic E-state index is 11.9. The van der Waals surface area contributed by atoms with Crippen LogP contribution in [-0.2, 0) is 18.8 Å². The van der Waals surface area contributed by atoms with Crippen LogP contribution >= 0.6 is 7.60 Å². The highest BCUT2D eigenvalue weighted by Crippen LogP contribution is 2.40. The molecule has 1 aliphatic heterocycles. The lowest BCUT2D eigenvalue weighted by molar-refractivity contribution is -0.00132. The Morgan fingerprint density at radius 3 is 2.48 bits per heavy atom. The second kappa shape index (κ2) is 6.55. The fourth-order valence-electron chi connectivity index (χ4n) is 2.07. The number of aromatic nitrogens is 2. The third kappa shape index (κ3) is 3.80. The van der Waals surface area contributed by atoms with E-state index in [1.807, 2.05) is 0 Å².